The molecule has 3 nitrogen and oxygen atoms in total. The van der Waals surface area contributed by atoms with Crippen LogP contribution in [0.25, 0.3) is 0 Å². The first-order valence-electron chi connectivity index (χ1n) is 7.96. The van der Waals surface area contributed by atoms with Crippen LogP contribution < -0.4 is 5.43 Å². The number of rotatable bonds is 3. The zero-order chi connectivity index (χ0) is 17.1. The first kappa shape index (κ1) is 17.0. The van der Waals surface area contributed by atoms with E-state index in [9.17, 15) is 4.79 Å². The molecule has 2 aromatic rings. The van der Waals surface area contributed by atoms with Crippen LogP contribution in [-0.2, 0) is 12.8 Å². The molecule has 0 unspecified atom stereocenters. The summed E-state index contributed by atoms with van der Waals surface area (Å²) in [4.78, 5) is 12.2. The summed E-state index contributed by atoms with van der Waals surface area (Å²) in [6.45, 7) is 1.88. The highest BCUT2D eigenvalue weighted by molar-refractivity contribution is 6.36. The van der Waals surface area contributed by atoms with Crippen LogP contribution in [0.2, 0.25) is 10.0 Å². The van der Waals surface area contributed by atoms with E-state index in [0.29, 0.717) is 15.6 Å². The number of fused-ring (bicyclic) bond motifs is 1. The van der Waals surface area contributed by atoms with Crippen molar-refractivity contribution < 1.29 is 4.79 Å². The fourth-order valence-electron chi connectivity index (χ4n) is 2.89. The highest BCUT2D eigenvalue weighted by Crippen LogP contribution is 2.23. The van der Waals surface area contributed by atoms with Gasteiger partial charge < -0.3 is 0 Å². The summed E-state index contributed by atoms with van der Waals surface area (Å²) < 4.78 is 0. The zero-order valence-electron chi connectivity index (χ0n) is 13.4. The van der Waals surface area contributed by atoms with E-state index in [-0.39, 0.29) is 5.91 Å². The van der Waals surface area contributed by atoms with Crippen LogP contribution in [0.4, 0.5) is 0 Å². The fourth-order valence-corrected chi connectivity index (χ4v) is 3.39. The summed E-state index contributed by atoms with van der Waals surface area (Å²) in [6, 6.07) is 11.2. The lowest BCUT2D eigenvalue weighted by atomic mass is 9.90. The monoisotopic (exact) mass is 360 g/mol. The first-order chi connectivity index (χ1) is 11.5. The van der Waals surface area contributed by atoms with E-state index in [0.717, 1.165) is 24.1 Å². The summed E-state index contributed by atoms with van der Waals surface area (Å²) in [7, 11) is 0. The number of hydrogen-bond acceptors (Lipinski definition) is 2. The number of aryl methyl sites for hydroxylation is 2. The van der Waals surface area contributed by atoms with Gasteiger partial charge >= 0.3 is 0 Å². The molecule has 1 aliphatic carbocycles. The first-order valence-corrected chi connectivity index (χ1v) is 8.72. The van der Waals surface area contributed by atoms with Crippen molar-refractivity contribution in [2.75, 3.05) is 0 Å². The van der Waals surface area contributed by atoms with E-state index in [1.54, 1.807) is 12.1 Å². The number of hydrogen-bond donors (Lipinski definition) is 1. The third-order valence-electron chi connectivity index (χ3n) is 4.27. The third kappa shape index (κ3) is 3.80. The molecule has 1 aliphatic rings. The van der Waals surface area contributed by atoms with E-state index < -0.39 is 0 Å². The average Bonchev–Trinajstić information content (AvgIpc) is 2.59. The second-order valence-electron chi connectivity index (χ2n) is 5.95. The standard InChI is InChI=1S/C19H18Cl2N2O/c1-12(14-7-6-13-4-2-3-5-15(13)10-14)22-23-19(24)17-9-8-16(20)11-18(17)21/h6-11H,2-5H2,1H3,(H,23,24)/b22-12-. The van der Waals surface area contributed by atoms with E-state index in [2.05, 4.69) is 28.7 Å². The van der Waals surface area contributed by atoms with Gasteiger partial charge in [0.2, 0.25) is 0 Å². The van der Waals surface area contributed by atoms with Gasteiger partial charge in [-0.05, 0) is 73.6 Å². The molecule has 0 saturated carbocycles. The molecule has 0 spiro atoms. The maximum absolute atomic E-state index is 12.2. The highest BCUT2D eigenvalue weighted by Gasteiger charge is 2.12. The minimum absolute atomic E-state index is 0.307. The molecule has 0 bridgehead atoms. The van der Waals surface area contributed by atoms with E-state index >= 15 is 0 Å². The van der Waals surface area contributed by atoms with Gasteiger partial charge in [0.1, 0.15) is 0 Å². The smallest absolute Gasteiger partial charge is 0.267 e. The molecule has 1 amide bonds. The summed E-state index contributed by atoms with van der Waals surface area (Å²) in [5.74, 6) is -0.353. The van der Waals surface area contributed by atoms with Gasteiger partial charge in [-0.3, -0.25) is 4.79 Å². The molecule has 0 saturated heterocycles. The molecule has 0 heterocycles. The summed E-state index contributed by atoms with van der Waals surface area (Å²) >= 11 is 11.9. The Balaban J connectivity index is 1.75. The molecule has 3 rings (SSSR count). The zero-order valence-corrected chi connectivity index (χ0v) is 14.9. The summed E-state index contributed by atoms with van der Waals surface area (Å²) in [6.07, 6.45) is 4.76. The van der Waals surface area contributed by atoms with Gasteiger partial charge in [0, 0.05) is 5.02 Å². The van der Waals surface area contributed by atoms with Crippen molar-refractivity contribution in [3.8, 4) is 0 Å². The Morgan fingerprint density at radius 2 is 1.79 bits per heavy atom. The number of carbonyl (C=O) groups is 1. The van der Waals surface area contributed by atoms with Gasteiger partial charge in [-0.1, -0.05) is 35.3 Å². The predicted octanol–water partition coefficient (Wildman–Crippen LogP) is 5.03. The molecule has 0 radical (unpaired) electrons. The van der Waals surface area contributed by atoms with Crippen LogP contribution in [0.15, 0.2) is 41.5 Å². The SMILES string of the molecule is C/C(=N/NC(=O)c1ccc(Cl)cc1Cl)c1ccc2c(c1)CCCC2. The van der Waals surface area contributed by atoms with Crippen LogP contribution in [0.3, 0.4) is 0 Å². The van der Waals surface area contributed by atoms with Gasteiger partial charge in [0.15, 0.2) is 0 Å². The Morgan fingerprint density at radius 3 is 2.54 bits per heavy atom. The minimum atomic E-state index is -0.353. The predicted molar refractivity (Wildman–Crippen MR) is 99.2 cm³/mol. The molecule has 0 aromatic heterocycles. The lowest BCUT2D eigenvalue weighted by Gasteiger charge is -2.16. The van der Waals surface area contributed by atoms with Crippen LogP contribution >= 0.6 is 23.2 Å². The normalized spacial score (nSPS) is 14.2. The minimum Gasteiger partial charge on any atom is -0.267 e. The lowest BCUT2D eigenvalue weighted by Crippen LogP contribution is -2.19. The number of carbonyl (C=O) groups excluding carboxylic acids is 1. The van der Waals surface area contributed by atoms with Crippen molar-refractivity contribution in [3.63, 3.8) is 0 Å². The van der Waals surface area contributed by atoms with Gasteiger partial charge in [-0.15, -0.1) is 0 Å². The van der Waals surface area contributed by atoms with E-state index in [1.807, 2.05) is 6.92 Å². The van der Waals surface area contributed by atoms with Crippen LogP contribution in [0, 0.1) is 0 Å². The van der Waals surface area contributed by atoms with E-state index in [4.69, 9.17) is 23.2 Å². The van der Waals surface area contributed by atoms with Gasteiger partial charge in [0.25, 0.3) is 5.91 Å². The molecule has 0 atom stereocenters. The molecule has 1 N–H and O–H groups in total. The Labute approximate surface area is 151 Å². The van der Waals surface area contributed by atoms with Gasteiger partial charge in [0.05, 0.1) is 16.3 Å². The lowest BCUT2D eigenvalue weighted by molar-refractivity contribution is 0.0955. The molecular formula is C19H18Cl2N2O. The number of benzene rings is 2. The van der Waals surface area contributed by atoms with Crippen molar-refractivity contribution in [1.82, 2.24) is 5.43 Å². The maximum atomic E-state index is 12.2. The van der Waals surface area contributed by atoms with Gasteiger partial charge in [-0.25, -0.2) is 5.43 Å². The van der Waals surface area contributed by atoms with Crippen molar-refractivity contribution in [3.05, 3.63) is 68.7 Å². The Hall–Kier alpha value is -1.84. The molecule has 0 fully saturated rings. The maximum Gasteiger partial charge on any atom is 0.272 e. The Morgan fingerprint density at radius 1 is 1.04 bits per heavy atom. The number of hydrazone groups is 1. The molecule has 124 valence electrons. The Bertz CT molecular complexity index is 815. The van der Waals surface area contributed by atoms with Crippen molar-refractivity contribution in [2.24, 2.45) is 5.10 Å². The van der Waals surface area contributed by atoms with E-state index in [1.165, 1.54) is 30.0 Å². The number of nitrogens with one attached hydrogen (secondary N) is 1. The molecular weight excluding hydrogens is 343 g/mol. The second kappa shape index (κ2) is 7.37. The van der Waals surface area contributed by atoms with Gasteiger partial charge in [-0.2, -0.15) is 5.10 Å². The van der Waals surface area contributed by atoms with Crippen LogP contribution in [0.1, 0.15) is 46.8 Å². The van der Waals surface area contributed by atoms with Crippen molar-refractivity contribution in [2.45, 2.75) is 32.6 Å². The molecule has 5 heteroatoms. The highest BCUT2D eigenvalue weighted by atomic mass is 35.5. The Kier molecular flexibility index (Phi) is 5.22. The third-order valence-corrected chi connectivity index (χ3v) is 4.81. The largest absolute Gasteiger partial charge is 0.272 e. The number of nitrogens with zero attached hydrogens (tertiary/aromatic N) is 1. The molecule has 24 heavy (non-hydrogen) atoms. The summed E-state index contributed by atoms with van der Waals surface area (Å²) in [5.41, 5.74) is 7.52. The quantitative estimate of drug-likeness (QED) is 0.605. The second-order valence-corrected chi connectivity index (χ2v) is 6.80. The number of amides is 1. The average molecular weight is 361 g/mol. The van der Waals surface area contributed by atoms with Crippen molar-refractivity contribution >= 4 is 34.8 Å². The van der Waals surface area contributed by atoms with Crippen molar-refractivity contribution in [1.29, 1.82) is 0 Å². The van der Waals surface area contributed by atoms with Crippen LogP contribution in [-0.4, -0.2) is 11.6 Å². The van der Waals surface area contributed by atoms with Crippen LogP contribution in [0.5, 0.6) is 0 Å². The fraction of sp³-hybridized carbons (Fsp3) is 0.263. The molecule has 2 aromatic carbocycles. The number of halogens is 2. The molecule has 0 aliphatic heterocycles. The topological polar surface area (TPSA) is 41.5 Å². The summed E-state index contributed by atoms with van der Waals surface area (Å²) in [5, 5.41) is 5.01.